The van der Waals surface area contributed by atoms with Gasteiger partial charge in [-0.05, 0) is 18.6 Å². The van der Waals surface area contributed by atoms with Crippen LogP contribution in [0.1, 0.15) is 5.56 Å². The van der Waals surface area contributed by atoms with E-state index in [4.69, 9.17) is 21.4 Å². The van der Waals surface area contributed by atoms with Crippen LogP contribution in [0.2, 0.25) is 5.02 Å². The minimum Gasteiger partial charge on any atom is -0.480 e. The smallest absolute Gasteiger partial charge is 0.328 e. The van der Waals surface area contributed by atoms with Gasteiger partial charge in [-0.3, -0.25) is 0 Å². The average Bonchev–Trinajstić information content (AvgIpc) is 2.33. The second kappa shape index (κ2) is 6.96. The molecule has 0 radical (unpaired) electrons. The number of rotatable bonds is 5. The van der Waals surface area contributed by atoms with E-state index in [0.717, 1.165) is 5.56 Å². The van der Waals surface area contributed by atoms with Crippen LogP contribution < -0.4 is 10.6 Å². The number of urea groups is 1. The van der Waals surface area contributed by atoms with Gasteiger partial charge in [0, 0.05) is 7.11 Å². The lowest BCUT2D eigenvalue weighted by Gasteiger charge is -2.15. The summed E-state index contributed by atoms with van der Waals surface area (Å²) in [6, 6.07) is 3.40. The van der Waals surface area contributed by atoms with E-state index in [1.807, 2.05) is 0 Å². The lowest BCUT2D eigenvalue weighted by atomic mass is 10.2. The maximum absolute atomic E-state index is 11.7. The highest BCUT2D eigenvalue weighted by Crippen LogP contribution is 2.24. The van der Waals surface area contributed by atoms with Gasteiger partial charge in [-0.1, -0.05) is 23.7 Å². The van der Waals surface area contributed by atoms with E-state index in [2.05, 4.69) is 10.6 Å². The fraction of sp³-hybridized carbons (Fsp3) is 0.333. The molecule has 0 fully saturated rings. The van der Waals surface area contributed by atoms with E-state index in [1.54, 1.807) is 25.1 Å². The second-order valence-electron chi connectivity index (χ2n) is 3.88. The number of para-hydroxylation sites is 1. The molecule has 0 saturated heterocycles. The first kappa shape index (κ1) is 15.3. The molecule has 6 nitrogen and oxygen atoms in total. The highest BCUT2D eigenvalue weighted by atomic mass is 35.5. The van der Waals surface area contributed by atoms with Gasteiger partial charge in [0.1, 0.15) is 0 Å². The van der Waals surface area contributed by atoms with Gasteiger partial charge < -0.3 is 20.5 Å². The maximum atomic E-state index is 11.7. The SMILES string of the molecule is COCC(NC(=O)Nc1c(C)cccc1Cl)C(=O)O. The number of hydrogen-bond donors (Lipinski definition) is 3. The summed E-state index contributed by atoms with van der Waals surface area (Å²) >= 11 is 5.95. The lowest BCUT2D eigenvalue weighted by molar-refractivity contribution is -0.140. The van der Waals surface area contributed by atoms with Crippen molar-refractivity contribution in [1.29, 1.82) is 0 Å². The number of amides is 2. The number of carboxylic acids is 1. The van der Waals surface area contributed by atoms with Crippen LogP contribution in [0, 0.1) is 6.92 Å². The zero-order chi connectivity index (χ0) is 14.4. The Kier molecular flexibility index (Phi) is 5.59. The quantitative estimate of drug-likeness (QED) is 0.771. The third kappa shape index (κ3) is 4.42. The number of methoxy groups -OCH3 is 1. The summed E-state index contributed by atoms with van der Waals surface area (Å²) in [4.78, 5) is 22.6. The van der Waals surface area contributed by atoms with Crippen molar-refractivity contribution in [2.24, 2.45) is 0 Å². The fourth-order valence-corrected chi connectivity index (χ4v) is 1.71. The van der Waals surface area contributed by atoms with E-state index >= 15 is 0 Å². The minimum atomic E-state index is -1.17. The van der Waals surface area contributed by atoms with Crippen molar-refractivity contribution < 1.29 is 19.4 Å². The van der Waals surface area contributed by atoms with Crippen molar-refractivity contribution in [2.45, 2.75) is 13.0 Å². The number of hydrogen-bond acceptors (Lipinski definition) is 3. The highest BCUT2D eigenvalue weighted by Gasteiger charge is 2.20. The van der Waals surface area contributed by atoms with Gasteiger partial charge in [0.2, 0.25) is 0 Å². The van der Waals surface area contributed by atoms with Crippen LogP contribution in [0.3, 0.4) is 0 Å². The van der Waals surface area contributed by atoms with E-state index in [9.17, 15) is 9.59 Å². The minimum absolute atomic E-state index is 0.121. The first-order valence-electron chi connectivity index (χ1n) is 5.50. The van der Waals surface area contributed by atoms with Crippen molar-refractivity contribution in [3.05, 3.63) is 28.8 Å². The van der Waals surface area contributed by atoms with Crippen LogP contribution in [0.4, 0.5) is 10.5 Å². The molecule has 104 valence electrons. The van der Waals surface area contributed by atoms with Crippen LogP contribution in [0.5, 0.6) is 0 Å². The van der Waals surface area contributed by atoms with Crippen molar-refractivity contribution in [2.75, 3.05) is 19.0 Å². The molecule has 19 heavy (non-hydrogen) atoms. The van der Waals surface area contributed by atoms with Gasteiger partial charge in [-0.25, -0.2) is 9.59 Å². The lowest BCUT2D eigenvalue weighted by Crippen LogP contribution is -2.45. The number of benzene rings is 1. The number of halogens is 1. The standard InChI is InChI=1S/C12H15ClN2O4/c1-7-4-3-5-8(13)10(7)15-12(18)14-9(6-19-2)11(16)17/h3-5,9H,6H2,1-2H3,(H,16,17)(H2,14,15,18). The number of carbonyl (C=O) groups excluding carboxylic acids is 1. The van der Waals surface area contributed by atoms with Gasteiger partial charge >= 0.3 is 12.0 Å². The Labute approximate surface area is 115 Å². The zero-order valence-electron chi connectivity index (χ0n) is 10.6. The number of nitrogens with one attached hydrogen (secondary N) is 2. The Balaban J connectivity index is 2.72. The summed E-state index contributed by atoms with van der Waals surface area (Å²) in [6.45, 7) is 1.66. The Hall–Kier alpha value is -1.79. The Bertz CT molecular complexity index is 459. The van der Waals surface area contributed by atoms with Gasteiger partial charge in [-0.15, -0.1) is 0 Å². The van der Waals surface area contributed by atoms with Gasteiger partial charge in [-0.2, -0.15) is 0 Å². The van der Waals surface area contributed by atoms with Crippen molar-refractivity contribution in [1.82, 2.24) is 5.32 Å². The van der Waals surface area contributed by atoms with E-state index < -0.39 is 18.0 Å². The monoisotopic (exact) mass is 286 g/mol. The highest BCUT2D eigenvalue weighted by molar-refractivity contribution is 6.33. The molecule has 0 aliphatic rings. The summed E-state index contributed by atoms with van der Waals surface area (Å²) in [5, 5.41) is 14.1. The van der Waals surface area contributed by atoms with E-state index in [0.29, 0.717) is 10.7 Å². The molecule has 0 bridgehead atoms. The molecule has 2 amide bonds. The van der Waals surface area contributed by atoms with Crippen molar-refractivity contribution in [3.8, 4) is 0 Å². The van der Waals surface area contributed by atoms with Crippen LogP contribution in [-0.2, 0) is 9.53 Å². The molecule has 7 heteroatoms. The number of carboxylic acid groups (broad SMARTS) is 1. The predicted molar refractivity (Wildman–Crippen MR) is 71.6 cm³/mol. The number of aryl methyl sites for hydroxylation is 1. The molecule has 0 spiro atoms. The molecular weight excluding hydrogens is 272 g/mol. The van der Waals surface area contributed by atoms with Gasteiger partial charge in [0.25, 0.3) is 0 Å². The molecule has 0 saturated carbocycles. The number of anilines is 1. The maximum Gasteiger partial charge on any atom is 0.328 e. The van der Waals surface area contributed by atoms with Crippen LogP contribution in [0.25, 0.3) is 0 Å². The molecule has 0 heterocycles. The van der Waals surface area contributed by atoms with E-state index in [-0.39, 0.29) is 6.61 Å². The van der Waals surface area contributed by atoms with Gasteiger partial charge in [0.05, 0.1) is 17.3 Å². The first-order valence-corrected chi connectivity index (χ1v) is 5.88. The molecule has 0 aromatic heterocycles. The molecule has 3 N–H and O–H groups in total. The van der Waals surface area contributed by atoms with E-state index in [1.165, 1.54) is 7.11 Å². The summed E-state index contributed by atoms with van der Waals surface area (Å²) in [5.41, 5.74) is 1.23. The molecule has 1 aromatic carbocycles. The van der Waals surface area contributed by atoms with Crippen LogP contribution in [-0.4, -0.2) is 36.9 Å². The van der Waals surface area contributed by atoms with Crippen LogP contribution in [0.15, 0.2) is 18.2 Å². The number of aliphatic carboxylic acids is 1. The molecule has 0 aliphatic heterocycles. The number of carbonyl (C=O) groups is 2. The Morgan fingerprint density at radius 3 is 2.68 bits per heavy atom. The molecular formula is C12H15ClN2O4. The fourth-order valence-electron chi connectivity index (χ4n) is 1.44. The van der Waals surface area contributed by atoms with Crippen molar-refractivity contribution >= 4 is 29.3 Å². The zero-order valence-corrected chi connectivity index (χ0v) is 11.3. The Morgan fingerprint density at radius 1 is 1.47 bits per heavy atom. The molecule has 1 unspecified atom stereocenters. The molecule has 1 atom stereocenters. The Morgan fingerprint density at radius 2 is 2.16 bits per heavy atom. The first-order chi connectivity index (χ1) is 8.95. The van der Waals surface area contributed by atoms with Gasteiger partial charge in [0.15, 0.2) is 6.04 Å². The average molecular weight is 287 g/mol. The summed E-state index contributed by atoms with van der Waals surface area (Å²) in [7, 11) is 1.35. The van der Waals surface area contributed by atoms with Crippen LogP contribution >= 0.6 is 11.6 Å². The molecule has 0 aliphatic carbocycles. The largest absolute Gasteiger partial charge is 0.480 e. The summed E-state index contributed by atoms with van der Waals surface area (Å²) < 4.78 is 4.71. The molecule has 1 rings (SSSR count). The number of ether oxygens (including phenoxy) is 1. The summed E-state index contributed by atoms with van der Waals surface area (Å²) in [6.07, 6.45) is 0. The normalized spacial score (nSPS) is 11.7. The topological polar surface area (TPSA) is 87.7 Å². The van der Waals surface area contributed by atoms with Crippen molar-refractivity contribution in [3.63, 3.8) is 0 Å². The second-order valence-corrected chi connectivity index (χ2v) is 4.28. The predicted octanol–water partition coefficient (Wildman–Crippen LogP) is 1.87. The molecule has 1 aromatic rings. The third-order valence-corrected chi connectivity index (χ3v) is 2.71. The summed E-state index contributed by atoms with van der Waals surface area (Å²) in [5.74, 6) is -1.17. The third-order valence-electron chi connectivity index (χ3n) is 2.40.